The van der Waals surface area contributed by atoms with Gasteiger partial charge in [0, 0.05) is 15.6 Å². The number of rotatable bonds is 9. The molecule has 0 bridgehead atoms. The highest BCUT2D eigenvalue weighted by Crippen LogP contribution is 2.42. The lowest BCUT2D eigenvalue weighted by atomic mass is 10.1. The van der Waals surface area contributed by atoms with Crippen LogP contribution in [0.25, 0.3) is 10.1 Å². The summed E-state index contributed by atoms with van der Waals surface area (Å²) in [6.45, 7) is 4.11. The molecular formula is C26H25NO3S. The number of hydrogen-bond acceptors (Lipinski definition) is 5. The summed E-state index contributed by atoms with van der Waals surface area (Å²) in [7, 11) is 0. The number of aromatic hydroxyl groups is 1. The minimum Gasteiger partial charge on any atom is -0.508 e. The highest BCUT2D eigenvalue weighted by molar-refractivity contribution is 7.21. The molecule has 3 aromatic carbocycles. The average Bonchev–Trinajstić information content (AvgIpc) is 3.15. The van der Waals surface area contributed by atoms with Crippen molar-refractivity contribution in [2.45, 2.75) is 19.8 Å². The van der Waals surface area contributed by atoms with Crippen molar-refractivity contribution in [1.29, 1.82) is 0 Å². The van der Waals surface area contributed by atoms with E-state index in [-0.39, 0.29) is 11.5 Å². The van der Waals surface area contributed by atoms with E-state index in [1.54, 1.807) is 30.3 Å². The zero-order chi connectivity index (χ0) is 21.6. The maximum atomic E-state index is 13.2. The quantitative estimate of drug-likeness (QED) is 0.246. The van der Waals surface area contributed by atoms with Crippen LogP contribution in [0.5, 0.6) is 17.2 Å². The zero-order valence-corrected chi connectivity index (χ0v) is 18.2. The molecule has 0 atom stereocenters. The number of phenolic OH excluding ortho intramolecular Hbond substituents is 1. The molecule has 4 aromatic rings. The molecular weight excluding hydrogens is 406 g/mol. The van der Waals surface area contributed by atoms with Gasteiger partial charge in [-0.05, 0) is 61.8 Å². The predicted octanol–water partition coefficient (Wildman–Crippen LogP) is 6.17. The topological polar surface area (TPSA) is 58.6 Å². The maximum Gasteiger partial charge on any atom is 0.206 e. The Morgan fingerprint density at radius 3 is 2.55 bits per heavy atom. The standard InChI is InChI=1S/C26H25NO3S/c1-2-27-16-6-7-18-10-13-21(14-11-18)30-25-22-15-12-20(28)17-23(22)31-26(25)24(29)19-8-4-3-5-9-19/h3-5,8-15,17,27-28H,2,6-7,16H2,1H3. The van der Waals surface area contributed by atoms with Crippen molar-refractivity contribution < 1.29 is 14.6 Å². The third kappa shape index (κ3) is 4.95. The third-order valence-electron chi connectivity index (χ3n) is 5.08. The van der Waals surface area contributed by atoms with Crippen LogP contribution in [0.3, 0.4) is 0 Å². The van der Waals surface area contributed by atoms with E-state index in [9.17, 15) is 9.90 Å². The number of carbonyl (C=O) groups excluding carboxylic acids is 1. The Labute approximate surface area is 186 Å². The van der Waals surface area contributed by atoms with Crippen LogP contribution in [-0.4, -0.2) is 24.0 Å². The number of benzene rings is 3. The van der Waals surface area contributed by atoms with Crippen molar-refractivity contribution in [3.8, 4) is 17.2 Å². The van der Waals surface area contributed by atoms with Crippen molar-refractivity contribution in [3.63, 3.8) is 0 Å². The lowest BCUT2D eigenvalue weighted by molar-refractivity contribution is 0.104. The predicted molar refractivity (Wildman–Crippen MR) is 127 cm³/mol. The summed E-state index contributed by atoms with van der Waals surface area (Å²) in [5.74, 6) is 1.30. The molecule has 1 aromatic heterocycles. The van der Waals surface area contributed by atoms with E-state index in [0.29, 0.717) is 21.9 Å². The fraction of sp³-hybridized carbons (Fsp3) is 0.192. The van der Waals surface area contributed by atoms with E-state index in [1.165, 1.54) is 16.9 Å². The first-order valence-corrected chi connectivity index (χ1v) is 11.3. The highest BCUT2D eigenvalue weighted by Gasteiger charge is 2.22. The smallest absolute Gasteiger partial charge is 0.206 e. The molecule has 0 fully saturated rings. The average molecular weight is 432 g/mol. The van der Waals surface area contributed by atoms with Crippen LogP contribution in [0.4, 0.5) is 0 Å². The van der Waals surface area contributed by atoms with Gasteiger partial charge in [0.05, 0.1) is 0 Å². The van der Waals surface area contributed by atoms with Crippen LogP contribution in [0, 0.1) is 0 Å². The summed E-state index contributed by atoms with van der Waals surface area (Å²) < 4.78 is 7.05. The van der Waals surface area contributed by atoms with Crippen LogP contribution in [-0.2, 0) is 6.42 Å². The fourth-order valence-corrected chi connectivity index (χ4v) is 4.59. The van der Waals surface area contributed by atoms with Crippen molar-refractivity contribution in [1.82, 2.24) is 5.32 Å². The van der Waals surface area contributed by atoms with E-state index in [2.05, 4.69) is 24.4 Å². The SMILES string of the molecule is CCNCCCc1ccc(Oc2c(C(=O)c3ccccc3)sc3cc(O)ccc23)cc1. The largest absolute Gasteiger partial charge is 0.508 e. The molecule has 0 aliphatic heterocycles. The van der Waals surface area contributed by atoms with Gasteiger partial charge in [-0.1, -0.05) is 49.4 Å². The summed E-state index contributed by atoms with van der Waals surface area (Å²) in [4.78, 5) is 13.7. The summed E-state index contributed by atoms with van der Waals surface area (Å²) in [6, 6.07) is 22.3. The maximum absolute atomic E-state index is 13.2. The molecule has 4 nitrogen and oxygen atoms in total. The third-order valence-corrected chi connectivity index (χ3v) is 6.22. The minimum absolute atomic E-state index is 0.0867. The Hall–Kier alpha value is -3.15. The number of hydrogen-bond donors (Lipinski definition) is 2. The molecule has 2 N–H and O–H groups in total. The number of carbonyl (C=O) groups is 1. The minimum atomic E-state index is -0.0867. The Bertz CT molecular complexity index is 1170. The Morgan fingerprint density at radius 1 is 1.03 bits per heavy atom. The van der Waals surface area contributed by atoms with Crippen molar-refractivity contribution in [3.05, 3.63) is 88.8 Å². The fourth-order valence-electron chi connectivity index (χ4n) is 3.47. The molecule has 0 radical (unpaired) electrons. The van der Waals surface area contributed by atoms with Gasteiger partial charge in [-0.3, -0.25) is 4.79 Å². The van der Waals surface area contributed by atoms with E-state index in [0.717, 1.165) is 36.0 Å². The molecule has 0 unspecified atom stereocenters. The first kappa shape index (κ1) is 21.1. The second-order valence-corrected chi connectivity index (χ2v) is 8.39. The van der Waals surface area contributed by atoms with Crippen molar-refractivity contribution in [2.24, 2.45) is 0 Å². The second-order valence-electron chi connectivity index (χ2n) is 7.34. The van der Waals surface area contributed by atoms with Crippen LogP contribution in [0.2, 0.25) is 0 Å². The summed E-state index contributed by atoms with van der Waals surface area (Å²) in [5.41, 5.74) is 1.87. The molecule has 0 saturated carbocycles. The van der Waals surface area contributed by atoms with Gasteiger partial charge in [0.1, 0.15) is 16.4 Å². The lowest BCUT2D eigenvalue weighted by Gasteiger charge is -2.09. The lowest BCUT2D eigenvalue weighted by Crippen LogP contribution is -2.14. The molecule has 0 spiro atoms. The monoisotopic (exact) mass is 431 g/mol. The number of phenols is 1. The van der Waals surface area contributed by atoms with E-state index < -0.39 is 0 Å². The van der Waals surface area contributed by atoms with Gasteiger partial charge in [0.15, 0.2) is 5.75 Å². The van der Waals surface area contributed by atoms with Crippen LogP contribution >= 0.6 is 11.3 Å². The highest BCUT2D eigenvalue weighted by atomic mass is 32.1. The molecule has 31 heavy (non-hydrogen) atoms. The number of fused-ring (bicyclic) bond motifs is 1. The Morgan fingerprint density at radius 2 is 1.81 bits per heavy atom. The first-order valence-electron chi connectivity index (χ1n) is 10.5. The van der Waals surface area contributed by atoms with Gasteiger partial charge < -0.3 is 15.2 Å². The molecule has 5 heteroatoms. The van der Waals surface area contributed by atoms with E-state index >= 15 is 0 Å². The van der Waals surface area contributed by atoms with Crippen LogP contribution in [0.1, 0.15) is 34.1 Å². The molecule has 4 rings (SSSR count). The summed E-state index contributed by atoms with van der Waals surface area (Å²) >= 11 is 1.34. The van der Waals surface area contributed by atoms with Gasteiger partial charge in [-0.25, -0.2) is 0 Å². The van der Waals surface area contributed by atoms with E-state index in [1.807, 2.05) is 30.3 Å². The molecule has 158 valence electrons. The number of aryl methyl sites for hydroxylation is 1. The van der Waals surface area contributed by atoms with Crippen molar-refractivity contribution >= 4 is 27.2 Å². The van der Waals surface area contributed by atoms with Crippen LogP contribution in [0.15, 0.2) is 72.8 Å². The second kappa shape index (κ2) is 9.77. The van der Waals surface area contributed by atoms with Gasteiger partial charge in [0.25, 0.3) is 0 Å². The van der Waals surface area contributed by atoms with E-state index in [4.69, 9.17) is 4.74 Å². The zero-order valence-electron chi connectivity index (χ0n) is 17.4. The van der Waals surface area contributed by atoms with Gasteiger partial charge in [0.2, 0.25) is 5.78 Å². The Balaban J connectivity index is 1.62. The molecule has 1 heterocycles. The van der Waals surface area contributed by atoms with Gasteiger partial charge in [-0.15, -0.1) is 11.3 Å². The number of thiophene rings is 1. The normalized spacial score (nSPS) is 11.0. The first-order chi connectivity index (χ1) is 15.2. The molecule has 0 aliphatic carbocycles. The van der Waals surface area contributed by atoms with Gasteiger partial charge >= 0.3 is 0 Å². The molecule has 0 saturated heterocycles. The number of ether oxygens (including phenoxy) is 1. The van der Waals surface area contributed by atoms with Gasteiger partial charge in [-0.2, -0.15) is 0 Å². The van der Waals surface area contributed by atoms with Crippen LogP contribution < -0.4 is 10.1 Å². The van der Waals surface area contributed by atoms with Crippen molar-refractivity contribution in [2.75, 3.05) is 13.1 Å². The molecule has 0 aliphatic rings. The molecule has 0 amide bonds. The Kier molecular flexibility index (Phi) is 6.65. The number of nitrogens with one attached hydrogen (secondary N) is 1. The summed E-state index contributed by atoms with van der Waals surface area (Å²) in [5, 5.41) is 14.0. The summed E-state index contributed by atoms with van der Waals surface area (Å²) in [6.07, 6.45) is 2.09. The number of ketones is 1.